The molecule has 2 unspecified atom stereocenters. The Morgan fingerprint density at radius 3 is 2.53 bits per heavy atom. The standard InChI is InChI=1S/C13H24N2O4/c1-3-9(4-2)13(19)15-7-5-6-10(15)12(18)14-8-11(16)17/h9-10,12,14,18H,3-8H2,1-2H3,(H,16,17). The van der Waals surface area contributed by atoms with Crippen molar-refractivity contribution in [3.63, 3.8) is 0 Å². The summed E-state index contributed by atoms with van der Waals surface area (Å²) in [5.41, 5.74) is 0. The molecule has 0 radical (unpaired) electrons. The number of aliphatic hydroxyl groups is 1. The van der Waals surface area contributed by atoms with Crippen LogP contribution >= 0.6 is 0 Å². The summed E-state index contributed by atoms with van der Waals surface area (Å²) >= 11 is 0. The Morgan fingerprint density at radius 2 is 2.00 bits per heavy atom. The van der Waals surface area contributed by atoms with E-state index in [0.29, 0.717) is 13.0 Å². The van der Waals surface area contributed by atoms with Crippen molar-refractivity contribution in [3.05, 3.63) is 0 Å². The van der Waals surface area contributed by atoms with Gasteiger partial charge in [0, 0.05) is 12.5 Å². The minimum absolute atomic E-state index is 0.00715. The Balaban J connectivity index is 2.62. The van der Waals surface area contributed by atoms with Crippen molar-refractivity contribution in [1.82, 2.24) is 10.2 Å². The maximum absolute atomic E-state index is 12.3. The fourth-order valence-corrected chi connectivity index (χ4v) is 2.59. The van der Waals surface area contributed by atoms with Crippen LogP contribution < -0.4 is 5.32 Å². The van der Waals surface area contributed by atoms with Gasteiger partial charge in [-0.2, -0.15) is 0 Å². The van der Waals surface area contributed by atoms with Crippen molar-refractivity contribution in [2.45, 2.75) is 51.8 Å². The van der Waals surface area contributed by atoms with E-state index in [-0.39, 0.29) is 24.4 Å². The number of carbonyl (C=O) groups excluding carboxylic acids is 1. The van der Waals surface area contributed by atoms with Gasteiger partial charge in [-0.1, -0.05) is 13.8 Å². The molecule has 1 rings (SSSR count). The smallest absolute Gasteiger partial charge is 0.317 e. The van der Waals surface area contributed by atoms with Gasteiger partial charge >= 0.3 is 5.97 Å². The van der Waals surface area contributed by atoms with Gasteiger partial charge in [0.05, 0.1) is 12.6 Å². The van der Waals surface area contributed by atoms with E-state index in [1.54, 1.807) is 4.90 Å². The second-order valence-electron chi connectivity index (χ2n) is 4.97. The van der Waals surface area contributed by atoms with Crippen molar-refractivity contribution >= 4 is 11.9 Å². The molecule has 6 heteroatoms. The number of nitrogens with one attached hydrogen (secondary N) is 1. The second-order valence-corrected chi connectivity index (χ2v) is 4.97. The summed E-state index contributed by atoms with van der Waals surface area (Å²) in [6.07, 6.45) is 2.16. The lowest BCUT2D eigenvalue weighted by Gasteiger charge is -2.31. The zero-order valence-electron chi connectivity index (χ0n) is 11.6. The number of nitrogens with zero attached hydrogens (tertiary/aromatic N) is 1. The number of likely N-dealkylation sites (tertiary alicyclic amines) is 1. The molecule has 0 spiro atoms. The highest BCUT2D eigenvalue weighted by Crippen LogP contribution is 2.23. The maximum Gasteiger partial charge on any atom is 0.317 e. The molecule has 0 bridgehead atoms. The summed E-state index contributed by atoms with van der Waals surface area (Å²) in [7, 11) is 0. The molecule has 6 nitrogen and oxygen atoms in total. The third kappa shape index (κ3) is 4.18. The monoisotopic (exact) mass is 272 g/mol. The third-order valence-corrected chi connectivity index (χ3v) is 3.74. The topological polar surface area (TPSA) is 89.9 Å². The third-order valence-electron chi connectivity index (χ3n) is 3.74. The van der Waals surface area contributed by atoms with E-state index < -0.39 is 12.2 Å². The summed E-state index contributed by atoms with van der Waals surface area (Å²) in [6, 6.07) is -0.313. The Bertz CT molecular complexity index is 318. The number of rotatable bonds is 7. The van der Waals surface area contributed by atoms with E-state index in [1.807, 2.05) is 13.8 Å². The molecule has 110 valence electrons. The Morgan fingerprint density at radius 1 is 1.37 bits per heavy atom. The van der Waals surface area contributed by atoms with Gasteiger partial charge in [0.15, 0.2) is 0 Å². The lowest BCUT2D eigenvalue weighted by Crippen LogP contribution is -2.51. The highest BCUT2D eigenvalue weighted by Gasteiger charge is 2.35. The average Bonchev–Trinajstić information content (AvgIpc) is 2.86. The number of aliphatic hydroxyl groups excluding tert-OH is 1. The fraction of sp³-hybridized carbons (Fsp3) is 0.846. The van der Waals surface area contributed by atoms with E-state index in [1.165, 1.54) is 0 Å². The van der Waals surface area contributed by atoms with E-state index >= 15 is 0 Å². The SMILES string of the molecule is CCC(CC)C(=O)N1CCCC1C(O)NCC(=O)O. The van der Waals surface area contributed by atoms with Gasteiger partial charge in [-0.25, -0.2) is 0 Å². The number of hydrogen-bond donors (Lipinski definition) is 3. The lowest BCUT2D eigenvalue weighted by atomic mass is 10.0. The van der Waals surface area contributed by atoms with Crippen molar-refractivity contribution in [1.29, 1.82) is 0 Å². The van der Waals surface area contributed by atoms with Crippen LogP contribution in [-0.4, -0.2) is 52.3 Å². The van der Waals surface area contributed by atoms with Gasteiger partial charge in [0.2, 0.25) is 5.91 Å². The highest BCUT2D eigenvalue weighted by atomic mass is 16.4. The molecule has 1 amide bonds. The Labute approximate surface area is 113 Å². The molecule has 1 aliphatic heterocycles. The molecule has 1 aliphatic rings. The molecule has 0 aromatic carbocycles. The summed E-state index contributed by atoms with van der Waals surface area (Å²) in [5, 5.41) is 21.1. The average molecular weight is 272 g/mol. The molecular formula is C13H24N2O4. The largest absolute Gasteiger partial charge is 0.480 e. The minimum atomic E-state index is -1.02. The summed E-state index contributed by atoms with van der Waals surface area (Å²) in [5.74, 6) is -0.953. The Kier molecular flexibility index (Phi) is 6.24. The summed E-state index contributed by atoms with van der Waals surface area (Å²) in [6.45, 7) is 4.31. The van der Waals surface area contributed by atoms with E-state index in [9.17, 15) is 14.7 Å². The zero-order valence-corrected chi connectivity index (χ0v) is 11.6. The first-order chi connectivity index (χ1) is 9.01. The first kappa shape index (κ1) is 15.9. The molecule has 19 heavy (non-hydrogen) atoms. The quantitative estimate of drug-likeness (QED) is 0.584. The van der Waals surface area contributed by atoms with Gasteiger partial charge < -0.3 is 15.1 Å². The molecule has 0 saturated carbocycles. The molecule has 2 atom stereocenters. The number of hydrogen-bond acceptors (Lipinski definition) is 4. The predicted octanol–water partition coefficient (Wildman–Crippen LogP) is 0.406. The van der Waals surface area contributed by atoms with Gasteiger partial charge in [0.25, 0.3) is 0 Å². The van der Waals surface area contributed by atoms with Crippen LogP contribution in [0.15, 0.2) is 0 Å². The molecule has 0 aromatic heterocycles. The van der Waals surface area contributed by atoms with Gasteiger partial charge in [-0.05, 0) is 25.7 Å². The van der Waals surface area contributed by atoms with Gasteiger partial charge in [-0.15, -0.1) is 0 Å². The van der Waals surface area contributed by atoms with Crippen LogP contribution in [0.5, 0.6) is 0 Å². The number of carboxylic acid groups (broad SMARTS) is 1. The molecule has 0 aliphatic carbocycles. The van der Waals surface area contributed by atoms with Gasteiger partial charge in [0.1, 0.15) is 6.23 Å². The van der Waals surface area contributed by atoms with Crippen LogP contribution in [0.25, 0.3) is 0 Å². The lowest BCUT2D eigenvalue weighted by molar-refractivity contribution is -0.140. The molecule has 1 heterocycles. The normalized spacial score (nSPS) is 20.8. The van der Waals surface area contributed by atoms with Crippen molar-refractivity contribution in [2.24, 2.45) is 5.92 Å². The Hall–Kier alpha value is -1.14. The van der Waals surface area contributed by atoms with Crippen LogP contribution in [0.4, 0.5) is 0 Å². The van der Waals surface area contributed by atoms with E-state index in [0.717, 1.165) is 19.3 Å². The molecule has 0 aromatic rings. The molecule has 1 fully saturated rings. The summed E-state index contributed by atoms with van der Waals surface area (Å²) < 4.78 is 0. The van der Waals surface area contributed by atoms with Crippen molar-refractivity contribution in [3.8, 4) is 0 Å². The number of carboxylic acids is 1. The summed E-state index contributed by atoms with van der Waals surface area (Å²) in [4.78, 5) is 24.5. The molecular weight excluding hydrogens is 248 g/mol. The highest BCUT2D eigenvalue weighted by molar-refractivity contribution is 5.79. The van der Waals surface area contributed by atoms with Crippen LogP contribution in [-0.2, 0) is 9.59 Å². The minimum Gasteiger partial charge on any atom is -0.480 e. The van der Waals surface area contributed by atoms with Crippen LogP contribution in [0.2, 0.25) is 0 Å². The fourth-order valence-electron chi connectivity index (χ4n) is 2.59. The van der Waals surface area contributed by atoms with Crippen LogP contribution in [0, 0.1) is 5.92 Å². The number of amides is 1. The molecule has 3 N–H and O–H groups in total. The van der Waals surface area contributed by atoms with Crippen molar-refractivity contribution < 1.29 is 19.8 Å². The maximum atomic E-state index is 12.3. The number of carbonyl (C=O) groups is 2. The first-order valence-corrected chi connectivity index (χ1v) is 6.94. The van der Waals surface area contributed by atoms with Crippen LogP contribution in [0.3, 0.4) is 0 Å². The van der Waals surface area contributed by atoms with Crippen LogP contribution in [0.1, 0.15) is 39.5 Å². The zero-order chi connectivity index (χ0) is 14.4. The van der Waals surface area contributed by atoms with E-state index in [4.69, 9.17) is 5.11 Å². The molecule has 1 saturated heterocycles. The predicted molar refractivity (Wildman–Crippen MR) is 70.5 cm³/mol. The first-order valence-electron chi connectivity index (χ1n) is 6.94. The van der Waals surface area contributed by atoms with Gasteiger partial charge in [-0.3, -0.25) is 14.9 Å². The second kappa shape index (κ2) is 7.45. The van der Waals surface area contributed by atoms with E-state index in [2.05, 4.69) is 5.32 Å². The van der Waals surface area contributed by atoms with Crippen molar-refractivity contribution in [2.75, 3.05) is 13.1 Å². The number of aliphatic carboxylic acids is 1.